The van der Waals surface area contributed by atoms with Crippen LogP contribution in [0.4, 0.5) is 15.8 Å². The minimum atomic E-state index is -1.14. The molecule has 0 heterocycles. The zero-order valence-corrected chi connectivity index (χ0v) is 12.6. The average molecular weight is 349 g/mol. The molecule has 1 aromatic rings. The van der Waals surface area contributed by atoms with Crippen LogP contribution >= 0.6 is 15.9 Å². The van der Waals surface area contributed by atoms with E-state index in [0.29, 0.717) is 0 Å². The van der Waals surface area contributed by atoms with Crippen LogP contribution in [0.2, 0.25) is 0 Å². The second-order valence-corrected chi connectivity index (χ2v) is 5.53. The highest BCUT2D eigenvalue weighted by Gasteiger charge is 2.24. The molecule has 0 atom stereocenters. The maximum atomic E-state index is 13.6. The molecule has 1 rings (SSSR count). The average Bonchev–Trinajstić information content (AvgIpc) is 2.29. The first-order chi connectivity index (χ1) is 9.22. The molecular formula is C12H14BrFN2O4. The van der Waals surface area contributed by atoms with Crippen molar-refractivity contribution in [2.45, 2.75) is 13.8 Å². The Morgan fingerprint density at radius 1 is 1.55 bits per heavy atom. The Labute approximate surface area is 123 Å². The van der Waals surface area contributed by atoms with Crippen LogP contribution in [0.1, 0.15) is 13.8 Å². The molecule has 8 heteroatoms. The highest BCUT2D eigenvalue weighted by atomic mass is 79.9. The molecular weight excluding hydrogens is 335 g/mol. The smallest absolute Gasteiger partial charge is 0.323 e. The maximum Gasteiger partial charge on any atom is 0.323 e. The first-order valence-corrected chi connectivity index (χ1v) is 6.61. The van der Waals surface area contributed by atoms with Crippen molar-refractivity contribution in [1.29, 1.82) is 0 Å². The largest absolute Gasteiger partial charge is 0.480 e. The molecule has 1 aromatic carbocycles. The van der Waals surface area contributed by atoms with Crippen molar-refractivity contribution in [1.82, 2.24) is 0 Å². The van der Waals surface area contributed by atoms with Crippen LogP contribution in [0.25, 0.3) is 0 Å². The molecule has 0 aromatic heterocycles. The molecule has 0 saturated heterocycles. The number of nitrogens with zero attached hydrogens (tertiary/aromatic N) is 2. The summed E-state index contributed by atoms with van der Waals surface area (Å²) in [6.45, 7) is 3.53. The monoisotopic (exact) mass is 348 g/mol. The quantitative estimate of drug-likeness (QED) is 0.630. The summed E-state index contributed by atoms with van der Waals surface area (Å²) in [5.41, 5.74) is -0.369. The Balaban J connectivity index is 3.33. The van der Waals surface area contributed by atoms with Crippen molar-refractivity contribution in [3.8, 4) is 0 Å². The lowest BCUT2D eigenvalue weighted by atomic mass is 10.1. The molecule has 0 aliphatic heterocycles. The first kappa shape index (κ1) is 16.4. The fourth-order valence-electron chi connectivity index (χ4n) is 1.78. The number of halogens is 2. The Bertz CT molecular complexity index is 536. The molecule has 1 N–H and O–H groups in total. The van der Waals surface area contributed by atoms with Gasteiger partial charge in [-0.25, -0.2) is 4.39 Å². The Morgan fingerprint density at radius 2 is 2.15 bits per heavy atom. The van der Waals surface area contributed by atoms with E-state index in [-0.39, 0.29) is 28.3 Å². The van der Waals surface area contributed by atoms with Gasteiger partial charge in [0.15, 0.2) is 0 Å². The number of hydrogen-bond acceptors (Lipinski definition) is 4. The normalized spacial score (nSPS) is 10.7. The van der Waals surface area contributed by atoms with Crippen molar-refractivity contribution in [2.24, 2.45) is 5.92 Å². The number of hydrogen-bond donors (Lipinski definition) is 1. The van der Waals surface area contributed by atoms with E-state index in [2.05, 4.69) is 15.9 Å². The fourth-order valence-corrected chi connectivity index (χ4v) is 2.11. The van der Waals surface area contributed by atoms with E-state index in [0.717, 1.165) is 12.1 Å². The van der Waals surface area contributed by atoms with Gasteiger partial charge in [0, 0.05) is 18.7 Å². The molecule has 0 radical (unpaired) electrons. The summed E-state index contributed by atoms with van der Waals surface area (Å²) in [5.74, 6) is -1.74. The molecule has 0 aliphatic rings. The second-order valence-electron chi connectivity index (χ2n) is 4.68. The number of carbonyl (C=O) groups is 1. The summed E-state index contributed by atoms with van der Waals surface area (Å²) >= 11 is 2.89. The lowest BCUT2D eigenvalue weighted by molar-refractivity contribution is -0.384. The van der Waals surface area contributed by atoms with Crippen LogP contribution in [-0.4, -0.2) is 29.1 Å². The number of aliphatic carboxylic acids is 1. The maximum absolute atomic E-state index is 13.6. The van der Waals surface area contributed by atoms with Gasteiger partial charge in [-0.3, -0.25) is 14.9 Å². The van der Waals surface area contributed by atoms with Gasteiger partial charge in [-0.15, -0.1) is 0 Å². The standard InChI is InChI=1S/C12H14BrFN2O4/c1-7(2)5-15(6-12(17)18)10-4-9(14)8(13)3-11(10)16(19)20/h3-4,7H,5-6H2,1-2H3,(H,17,18). The van der Waals surface area contributed by atoms with Crippen LogP contribution < -0.4 is 4.90 Å². The number of anilines is 1. The minimum Gasteiger partial charge on any atom is -0.480 e. The number of carboxylic acid groups (broad SMARTS) is 1. The molecule has 0 bridgehead atoms. The molecule has 0 spiro atoms. The Hall–Kier alpha value is -1.70. The highest BCUT2D eigenvalue weighted by Crippen LogP contribution is 2.33. The van der Waals surface area contributed by atoms with Gasteiger partial charge in [0.1, 0.15) is 18.0 Å². The molecule has 0 unspecified atom stereocenters. The van der Waals surface area contributed by atoms with Gasteiger partial charge >= 0.3 is 5.97 Å². The van der Waals surface area contributed by atoms with Crippen molar-refractivity contribution in [2.75, 3.05) is 18.0 Å². The second kappa shape index (κ2) is 6.65. The zero-order valence-electron chi connectivity index (χ0n) is 11.0. The van der Waals surface area contributed by atoms with Gasteiger partial charge in [0.05, 0.1) is 9.40 Å². The summed E-state index contributed by atoms with van der Waals surface area (Å²) in [5, 5.41) is 19.9. The third-order valence-corrected chi connectivity index (χ3v) is 3.07. The van der Waals surface area contributed by atoms with Crippen LogP contribution in [-0.2, 0) is 4.79 Å². The van der Waals surface area contributed by atoms with E-state index < -0.39 is 23.3 Å². The molecule has 110 valence electrons. The van der Waals surface area contributed by atoms with Gasteiger partial charge in [0.25, 0.3) is 5.69 Å². The number of carboxylic acids is 1. The van der Waals surface area contributed by atoms with Crippen LogP contribution in [0, 0.1) is 21.8 Å². The SMILES string of the molecule is CC(C)CN(CC(=O)O)c1cc(F)c(Br)cc1[N+](=O)[O-]. The molecule has 0 amide bonds. The van der Waals surface area contributed by atoms with Crippen molar-refractivity contribution in [3.63, 3.8) is 0 Å². The molecule has 6 nitrogen and oxygen atoms in total. The number of nitro groups is 1. The summed E-state index contributed by atoms with van der Waals surface area (Å²) in [7, 11) is 0. The zero-order chi connectivity index (χ0) is 15.4. The molecule has 20 heavy (non-hydrogen) atoms. The third kappa shape index (κ3) is 4.16. The minimum absolute atomic E-state index is 0.0345. The van der Waals surface area contributed by atoms with Crippen molar-refractivity contribution >= 4 is 33.3 Å². The number of nitro benzene ring substituents is 1. The highest BCUT2D eigenvalue weighted by molar-refractivity contribution is 9.10. The van der Waals surface area contributed by atoms with Gasteiger partial charge in [-0.05, 0) is 21.8 Å². The lowest BCUT2D eigenvalue weighted by Crippen LogP contribution is -2.33. The van der Waals surface area contributed by atoms with E-state index >= 15 is 0 Å². The number of rotatable bonds is 6. The van der Waals surface area contributed by atoms with E-state index in [1.54, 1.807) is 0 Å². The lowest BCUT2D eigenvalue weighted by Gasteiger charge is -2.24. The fraction of sp³-hybridized carbons (Fsp3) is 0.417. The molecule has 0 saturated carbocycles. The van der Waals surface area contributed by atoms with E-state index in [1.165, 1.54) is 4.90 Å². The topological polar surface area (TPSA) is 83.7 Å². The Kier molecular flexibility index (Phi) is 5.43. The van der Waals surface area contributed by atoms with Crippen molar-refractivity contribution in [3.05, 3.63) is 32.5 Å². The molecule has 0 aliphatic carbocycles. The van der Waals surface area contributed by atoms with Crippen LogP contribution in [0.3, 0.4) is 0 Å². The Morgan fingerprint density at radius 3 is 2.60 bits per heavy atom. The van der Waals surface area contributed by atoms with Gasteiger partial charge in [-0.2, -0.15) is 0 Å². The third-order valence-electron chi connectivity index (χ3n) is 2.47. The summed E-state index contributed by atoms with van der Waals surface area (Å²) < 4.78 is 13.6. The number of benzene rings is 1. The van der Waals surface area contributed by atoms with Gasteiger partial charge < -0.3 is 10.0 Å². The predicted octanol–water partition coefficient (Wildman–Crippen LogP) is 3.04. The van der Waals surface area contributed by atoms with Crippen LogP contribution in [0.5, 0.6) is 0 Å². The van der Waals surface area contributed by atoms with Crippen LogP contribution in [0.15, 0.2) is 16.6 Å². The van der Waals surface area contributed by atoms with Gasteiger partial charge in [-0.1, -0.05) is 13.8 Å². The van der Waals surface area contributed by atoms with E-state index in [1.807, 2.05) is 13.8 Å². The summed E-state index contributed by atoms with van der Waals surface area (Å²) in [6, 6.07) is 2.02. The van der Waals surface area contributed by atoms with E-state index in [4.69, 9.17) is 5.11 Å². The predicted molar refractivity (Wildman–Crippen MR) is 75.4 cm³/mol. The van der Waals surface area contributed by atoms with E-state index in [9.17, 15) is 19.3 Å². The first-order valence-electron chi connectivity index (χ1n) is 5.82. The molecule has 0 fully saturated rings. The summed E-state index contributed by atoms with van der Waals surface area (Å²) in [6.07, 6.45) is 0. The van der Waals surface area contributed by atoms with Gasteiger partial charge in [0.2, 0.25) is 0 Å². The van der Waals surface area contributed by atoms with Crippen molar-refractivity contribution < 1.29 is 19.2 Å². The summed E-state index contributed by atoms with van der Waals surface area (Å²) in [4.78, 5) is 22.6.